The van der Waals surface area contributed by atoms with Gasteiger partial charge in [0.05, 0.1) is 108 Å². The van der Waals surface area contributed by atoms with Gasteiger partial charge >= 0.3 is 11.4 Å². The number of carbonyl (C=O) groups excluding carboxylic acids is 5. The number of fused-ring (bicyclic) bond motifs is 5. The number of H-pyrrole nitrogens is 4. The Kier molecular flexibility index (Phi) is 25.9. The number of nitro groups is 2. The first-order chi connectivity index (χ1) is 55.2. The van der Waals surface area contributed by atoms with E-state index in [0.29, 0.717) is 79.0 Å². The van der Waals surface area contributed by atoms with Gasteiger partial charge in [0.15, 0.2) is 0 Å². The fourth-order valence-electron chi connectivity index (χ4n) is 12.3. The van der Waals surface area contributed by atoms with Crippen LogP contribution >= 0.6 is 0 Å². The summed E-state index contributed by atoms with van der Waals surface area (Å²) in [6, 6.07) is 28.3. The zero-order valence-electron chi connectivity index (χ0n) is 61.8. The van der Waals surface area contributed by atoms with Crippen molar-refractivity contribution in [1.82, 2.24) is 60.4 Å². The number of likely N-dealkylation sites (tertiary alicyclic amines) is 2. The normalized spacial score (nSPS) is 15.6. The van der Waals surface area contributed by atoms with Crippen LogP contribution in [0.4, 0.5) is 63.6 Å². The molecule has 5 aromatic heterocycles. The number of likely N-dealkylation sites (N-methyl/N-ethyl adjacent to an activating group) is 1. The highest BCUT2D eigenvalue weighted by Crippen LogP contribution is 2.32. The maximum absolute atomic E-state index is 14.6. The monoisotopic (exact) mass is 1600 g/mol. The number of aromatic amines is 4. The highest BCUT2D eigenvalue weighted by atomic mass is 19.2. The Bertz CT molecular complexity index is 5970. The van der Waals surface area contributed by atoms with Crippen molar-refractivity contribution in [2.75, 3.05) is 36.1 Å². The number of β-amino-alcohol motifs (C(OH)–C–C–N with tert-alkyl or cyclic N) is 2. The molecule has 116 heavy (non-hydrogen) atoms. The number of hydrogen-bond donors (Lipinski definition) is 10. The van der Waals surface area contributed by atoms with Crippen molar-refractivity contribution in [1.29, 1.82) is 0 Å². The summed E-state index contributed by atoms with van der Waals surface area (Å²) in [5.74, 6) is -6.81. The maximum Gasteiger partial charge on any atom is 0.305 e. The Labute approximate surface area is 650 Å². The molecule has 2 saturated heterocycles. The van der Waals surface area contributed by atoms with Gasteiger partial charge in [-0.05, 0) is 109 Å². The quantitative estimate of drug-likeness (QED) is 0.0259. The summed E-state index contributed by atoms with van der Waals surface area (Å²) in [6.45, 7) is 6.69. The Hall–Kier alpha value is -14.0. The third kappa shape index (κ3) is 20.1. The number of nitrogens with one attached hydrogen (secondary N) is 7. The van der Waals surface area contributed by atoms with Crippen LogP contribution in [0.15, 0.2) is 146 Å². The Morgan fingerprint density at radius 2 is 0.905 bits per heavy atom. The molecule has 598 valence electrons. The zero-order valence-corrected chi connectivity index (χ0v) is 61.8. The average Bonchev–Trinajstić information content (AvgIpc) is 1.66. The van der Waals surface area contributed by atoms with Crippen LogP contribution in [0.1, 0.15) is 79.1 Å². The van der Waals surface area contributed by atoms with Crippen molar-refractivity contribution in [3.8, 4) is 0 Å². The summed E-state index contributed by atoms with van der Waals surface area (Å²) in [6.07, 6.45) is 12.1. The first kappa shape index (κ1) is 82.9. The molecular weight excluding hydrogens is 1530 g/mol. The first-order valence-corrected chi connectivity index (χ1v) is 35.2. The van der Waals surface area contributed by atoms with Gasteiger partial charge in [-0.3, -0.25) is 69.5 Å². The van der Waals surface area contributed by atoms with Crippen molar-refractivity contribution < 1.29 is 79.2 Å². The van der Waals surface area contributed by atoms with Crippen molar-refractivity contribution in [3.05, 3.63) is 246 Å². The Morgan fingerprint density at radius 3 is 1.31 bits per heavy atom. The van der Waals surface area contributed by atoms with Gasteiger partial charge in [-0.2, -0.15) is 34.3 Å². The van der Waals surface area contributed by atoms with Gasteiger partial charge in [-0.25, -0.2) is 31.0 Å². The molecule has 4 amide bonds. The van der Waals surface area contributed by atoms with Crippen molar-refractivity contribution >= 4 is 149 Å². The summed E-state index contributed by atoms with van der Waals surface area (Å²) in [7, 11) is 1.74. The molecule has 2 aliphatic heterocycles. The third-order valence-electron chi connectivity index (χ3n) is 18.4. The lowest BCUT2D eigenvalue weighted by atomic mass is 10.0. The molecule has 15 rings (SSSR count). The lowest BCUT2D eigenvalue weighted by Gasteiger charge is -2.22. The van der Waals surface area contributed by atoms with Crippen molar-refractivity contribution in [2.24, 2.45) is 11.7 Å². The van der Waals surface area contributed by atoms with E-state index in [4.69, 9.17) is 5.73 Å². The van der Waals surface area contributed by atoms with Gasteiger partial charge in [-0.1, -0.05) is 68.5 Å². The van der Waals surface area contributed by atoms with Crippen LogP contribution in [0.2, 0.25) is 0 Å². The number of halogens is 8. The number of nitro benzene ring substituents is 2. The number of nitrogens with zero attached hydrogens (tertiary/aromatic N) is 10. The molecule has 0 spiro atoms. The number of amides is 4. The van der Waals surface area contributed by atoms with Crippen LogP contribution in [0.25, 0.3) is 91.0 Å². The molecule has 0 bridgehead atoms. The standard InChI is InChI=1S/C22H20F2N4O3.C21H20F2N4O2.C20H20F2N4O.C9H6FN3O3.C7H4FN3O2/c1-12(29)28-11-15(30)8-21(28)22(31)25-20-9-16-18(26-27-19(16)10-17(20)24)7-4-13-2-5-14(23)6-3-13;1-27-11-14(28)8-20(27)21(29)24-19-9-15-17(25-26-18(15)10-16(19)23)7-4-12-2-5-13(22)6-3-12;1-11(2)19(23)20(27)24-18-9-14-16(25-26-17(14)10-15(18)22)8-5-12-3-6-13(21)7-4-12;1-5(14)12-8-3-7(10)9(13(15)16)2-6(8)4-11-12;8-5-2-6-4(3-9-10-6)1-7(5)11(12)13/h2-7,9-10,15,21,30H,8,11H2,1H3,(H,25,31)(H,26,27);2-7,9-10,14,20,28H,8,11H2,1H3,(H,24,29)(H,25,26);3-11,19H,23H2,1-2H3,(H,24,27)(H,25,26);2-4H,1H3;1-3H,(H,9,10)/b2*7-4+;8-5+;;/t15-,21+;14-,20+;;;/m11.../s1. The lowest BCUT2D eigenvalue weighted by molar-refractivity contribution is -0.387. The minimum Gasteiger partial charge on any atom is -0.392 e. The van der Waals surface area contributed by atoms with Gasteiger partial charge < -0.3 is 36.8 Å². The zero-order chi connectivity index (χ0) is 83.5. The van der Waals surface area contributed by atoms with Crippen molar-refractivity contribution in [3.63, 3.8) is 0 Å². The molecule has 0 saturated carbocycles. The van der Waals surface area contributed by atoms with Gasteiger partial charge in [0.2, 0.25) is 41.2 Å². The summed E-state index contributed by atoms with van der Waals surface area (Å²) in [4.78, 5) is 82.4. The van der Waals surface area contributed by atoms with E-state index in [9.17, 15) is 89.5 Å². The third-order valence-corrected chi connectivity index (χ3v) is 18.4. The number of aliphatic hydroxyl groups is 2. The Morgan fingerprint density at radius 1 is 0.509 bits per heavy atom. The van der Waals surface area contributed by atoms with Gasteiger partial charge in [-0.15, -0.1) is 0 Å². The smallest absolute Gasteiger partial charge is 0.305 e. The second-order valence-corrected chi connectivity index (χ2v) is 27.0. The number of aromatic nitrogens is 10. The fraction of sp³-hybridized carbons (Fsp3) is 0.190. The number of anilines is 3. The predicted octanol–water partition coefficient (Wildman–Crippen LogP) is 13.2. The minimum absolute atomic E-state index is 0.0430. The predicted molar refractivity (Wildman–Crippen MR) is 417 cm³/mol. The van der Waals surface area contributed by atoms with Gasteiger partial charge in [0.25, 0.3) is 0 Å². The molecular formula is C79H70F8N18O11. The molecule has 0 aliphatic carbocycles. The van der Waals surface area contributed by atoms with Crippen LogP contribution in [-0.4, -0.2) is 160 Å². The molecule has 11 N–H and O–H groups in total. The van der Waals surface area contributed by atoms with E-state index in [1.54, 1.807) is 84.8 Å². The van der Waals surface area contributed by atoms with E-state index in [2.05, 4.69) is 61.8 Å². The van der Waals surface area contributed by atoms with Crippen LogP contribution in [-0.2, 0) is 19.2 Å². The first-order valence-electron chi connectivity index (χ1n) is 35.2. The fourth-order valence-corrected chi connectivity index (χ4v) is 12.3. The van der Waals surface area contributed by atoms with E-state index >= 15 is 0 Å². The molecule has 2 fully saturated rings. The van der Waals surface area contributed by atoms with Crippen molar-refractivity contribution in [2.45, 2.75) is 70.9 Å². The molecule has 5 atom stereocenters. The van der Waals surface area contributed by atoms with Crippen LogP contribution < -0.4 is 21.7 Å². The summed E-state index contributed by atoms with van der Waals surface area (Å²) < 4.78 is 110. The summed E-state index contributed by atoms with van der Waals surface area (Å²) in [5.41, 5.74) is 10.8. The van der Waals surface area contributed by atoms with E-state index in [1.165, 1.54) is 104 Å². The summed E-state index contributed by atoms with van der Waals surface area (Å²) >= 11 is 0. The van der Waals surface area contributed by atoms with E-state index in [0.717, 1.165) is 45.6 Å². The van der Waals surface area contributed by atoms with Crippen LogP contribution in [0, 0.1) is 72.7 Å². The van der Waals surface area contributed by atoms with Crippen LogP contribution in [0.5, 0.6) is 0 Å². The Balaban J connectivity index is 0.000000147. The number of hydrogen-bond acceptors (Lipinski definition) is 18. The maximum atomic E-state index is 14.6. The SMILES string of the molecule is CC(=O)N1C[C@H](O)C[C@H]1C(=O)Nc1cc2c(/C=C/c3ccc(F)cc3)n[nH]c2cc1F.CC(=O)n1ncc2cc([N+](=O)[O-])c(F)cc21.CC(C)C(N)C(=O)Nc1cc2c(/C=C/c3ccc(F)cc3)n[nH]c2cc1F.CN1C[C@H](O)C[C@H]1C(=O)Nc1cc2c(/C=C/c3ccc(F)cc3)n[nH]c2cc1F.O=[N+]([O-])c1cc2cn[nH]c2cc1F. The van der Waals surface area contributed by atoms with E-state index in [-0.39, 0.29) is 76.6 Å². The molecule has 37 heteroatoms. The number of rotatable bonds is 15. The molecule has 0 radical (unpaired) electrons. The second-order valence-electron chi connectivity index (χ2n) is 27.0. The van der Waals surface area contributed by atoms with Gasteiger partial charge in [0, 0.05) is 103 Å². The topological polar surface area (TPSA) is 413 Å². The number of nitrogens with two attached hydrogens (primary N) is 1. The highest BCUT2D eigenvalue weighted by molar-refractivity contribution is 6.02. The largest absolute Gasteiger partial charge is 0.392 e. The lowest BCUT2D eigenvalue weighted by Crippen LogP contribution is -2.42. The number of carbonyl (C=O) groups is 5. The molecule has 7 heterocycles. The molecule has 13 aromatic rings. The molecule has 2 aliphatic rings. The number of benzene rings is 8. The van der Waals surface area contributed by atoms with Crippen LogP contribution in [0.3, 0.4) is 0 Å². The average molecular weight is 1600 g/mol. The van der Waals surface area contributed by atoms with E-state index < -0.39 is 92.5 Å². The molecule has 8 aromatic carbocycles. The highest BCUT2D eigenvalue weighted by Gasteiger charge is 2.38. The molecule has 29 nitrogen and oxygen atoms in total. The minimum atomic E-state index is -0.986. The van der Waals surface area contributed by atoms with E-state index in [1.807, 2.05) is 13.8 Å². The van der Waals surface area contributed by atoms with Gasteiger partial charge in [0.1, 0.15) is 40.9 Å². The summed E-state index contributed by atoms with van der Waals surface area (Å²) in [5, 5.41) is 81.4. The molecule has 1 unspecified atom stereocenters. The second kappa shape index (κ2) is 36.2. The number of aliphatic hydroxyl groups excluding tert-OH is 2.